The number of hydrogen-bond donors (Lipinski definition) is 2. The van der Waals surface area contributed by atoms with Gasteiger partial charge in [-0.25, -0.2) is 0 Å². The third-order valence-corrected chi connectivity index (χ3v) is 6.18. The van der Waals surface area contributed by atoms with E-state index in [1.54, 1.807) is 0 Å². The van der Waals surface area contributed by atoms with Gasteiger partial charge < -0.3 is 15.5 Å². The summed E-state index contributed by atoms with van der Waals surface area (Å²) < 4.78 is 0. The average molecular weight is 376 g/mol. The summed E-state index contributed by atoms with van der Waals surface area (Å²) in [6.07, 6.45) is 2.89. The molecule has 0 spiro atoms. The van der Waals surface area contributed by atoms with Gasteiger partial charge in [-0.15, -0.1) is 0 Å². The molecule has 0 unspecified atom stereocenters. The monoisotopic (exact) mass is 375 g/mol. The second-order valence-electron chi connectivity index (χ2n) is 7.15. The van der Waals surface area contributed by atoms with Gasteiger partial charge in [-0.2, -0.15) is 11.8 Å². The lowest BCUT2D eigenvalue weighted by Crippen LogP contribution is -2.49. The zero-order chi connectivity index (χ0) is 18.2. The van der Waals surface area contributed by atoms with E-state index in [-0.39, 0.29) is 23.7 Å². The molecule has 0 bridgehead atoms. The van der Waals surface area contributed by atoms with Gasteiger partial charge in [0.2, 0.25) is 11.8 Å². The molecule has 0 saturated carbocycles. The molecule has 2 fully saturated rings. The topological polar surface area (TPSA) is 61.4 Å². The number of rotatable bonds is 7. The van der Waals surface area contributed by atoms with Crippen molar-refractivity contribution in [2.45, 2.75) is 25.0 Å². The molecule has 0 aliphatic carbocycles. The van der Waals surface area contributed by atoms with Crippen molar-refractivity contribution in [3.63, 3.8) is 0 Å². The van der Waals surface area contributed by atoms with Crippen LogP contribution in [0.2, 0.25) is 0 Å². The minimum Gasteiger partial charge on any atom is -0.355 e. The van der Waals surface area contributed by atoms with Crippen molar-refractivity contribution in [1.82, 2.24) is 15.5 Å². The van der Waals surface area contributed by atoms with Crippen molar-refractivity contribution < 1.29 is 9.59 Å². The van der Waals surface area contributed by atoms with E-state index in [9.17, 15) is 9.59 Å². The Labute approximate surface area is 160 Å². The molecular weight excluding hydrogens is 346 g/mol. The molecule has 2 amide bonds. The number of piperidine rings is 1. The van der Waals surface area contributed by atoms with Crippen molar-refractivity contribution in [3.8, 4) is 0 Å². The highest BCUT2D eigenvalue weighted by Crippen LogP contribution is 2.21. The molecule has 2 aliphatic heterocycles. The van der Waals surface area contributed by atoms with Crippen LogP contribution >= 0.6 is 11.8 Å². The van der Waals surface area contributed by atoms with E-state index in [1.165, 1.54) is 5.56 Å². The highest BCUT2D eigenvalue weighted by atomic mass is 32.2. The van der Waals surface area contributed by atoms with Crippen LogP contribution in [0, 0.1) is 11.8 Å². The maximum Gasteiger partial charge on any atom is 0.226 e. The lowest BCUT2D eigenvalue weighted by atomic mass is 9.89. The van der Waals surface area contributed by atoms with E-state index >= 15 is 0 Å². The fourth-order valence-corrected chi connectivity index (χ4v) is 4.50. The van der Waals surface area contributed by atoms with E-state index in [4.69, 9.17) is 0 Å². The first-order valence-electron chi connectivity index (χ1n) is 9.63. The third-order valence-electron chi connectivity index (χ3n) is 5.15. The minimum atomic E-state index is -0.0978. The summed E-state index contributed by atoms with van der Waals surface area (Å²) in [7, 11) is 0. The Morgan fingerprint density at radius 3 is 2.62 bits per heavy atom. The van der Waals surface area contributed by atoms with E-state index in [0.717, 1.165) is 37.4 Å². The van der Waals surface area contributed by atoms with Gasteiger partial charge in [0, 0.05) is 44.2 Å². The summed E-state index contributed by atoms with van der Waals surface area (Å²) >= 11 is 1.83. The van der Waals surface area contributed by atoms with Crippen LogP contribution in [0.15, 0.2) is 30.3 Å². The van der Waals surface area contributed by atoms with Crippen LogP contribution in [0.5, 0.6) is 0 Å². The van der Waals surface area contributed by atoms with E-state index in [1.807, 2.05) is 34.9 Å². The van der Waals surface area contributed by atoms with Crippen molar-refractivity contribution in [3.05, 3.63) is 35.9 Å². The summed E-state index contributed by atoms with van der Waals surface area (Å²) in [5.41, 5.74) is 1.31. The molecule has 1 aromatic rings. The molecule has 0 radical (unpaired) electrons. The van der Waals surface area contributed by atoms with Crippen molar-refractivity contribution in [2.24, 2.45) is 11.8 Å². The Hall–Kier alpha value is -1.53. The Morgan fingerprint density at radius 1 is 1.12 bits per heavy atom. The van der Waals surface area contributed by atoms with Crippen molar-refractivity contribution >= 4 is 23.6 Å². The largest absolute Gasteiger partial charge is 0.355 e. The number of amides is 2. The van der Waals surface area contributed by atoms with Gasteiger partial charge in [0.25, 0.3) is 0 Å². The van der Waals surface area contributed by atoms with Crippen LogP contribution in [-0.2, 0) is 15.3 Å². The zero-order valence-corrected chi connectivity index (χ0v) is 16.1. The number of nitrogens with zero attached hydrogens (tertiary/aromatic N) is 1. The smallest absolute Gasteiger partial charge is 0.226 e. The second kappa shape index (κ2) is 9.97. The maximum atomic E-state index is 12.6. The Balaban J connectivity index is 1.35. The highest BCUT2D eigenvalue weighted by molar-refractivity contribution is 7.98. The van der Waals surface area contributed by atoms with Gasteiger partial charge in [0.15, 0.2) is 0 Å². The van der Waals surface area contributed by atoms with E-state index in [0.29, 0.717) is 26.1 Å². The lowest BCUT2D eigenvalue weighted by molar-refractivity contribution is -0.136. The SMILES string of the molecule is O=C(NCCSCc1ccccc1)[C@H]1CNC[C@H](C(=O)N2CCCC2)C1. The van der Waals surface area contributed by atoms with Gasteiger partial charge in [-0.1, -0.05) is 30.3 Å². The van der Waals surface area contributed by atoms with Gasteiger partial charge in [-0.05, 0) is 24.8 Å². The predicted molar refractivity (Wildman–Crippen MR) is 106 cm³/mol. The second-order valence-corrected chi connectivity index (χ2v) is 8.25. The van der Waals surface area contributed by atoms with Crippen molar-refractivity contribution in [2.75, 3.05) is 38.5 Å². The van der Waals surface area contributed by atoms with Crippen LogP contribution in [0.4, 0.5) is 0 Å². The minimum absolute atomic E-state index is 0.0509. The van der Waals surface area contributed by atoms with Crippen molar-refractivity contribution in [1.29, 1.82) is 0 Å². The molecule has 2 aliphatic rings. The number of carbonyl (C=O) groups is 2. The molecule has 26 heavy (non-hydrogen) atoms. The van der Waals surface area contributed by atoms with Crippen LogP contribution in [0.25, 0.3) is 0 Å². The lowest BCUT2D eigenvalue weighted by Gasteiger charge is -2.31. The molecule has 6 heteroatoms. The molecule has 2 atom stereocenters. The first kappa shape index (κ1) is 19.2. The number of thioether (sulfide) groups is 1. The highest BCUT2D eigenvalue weighted by Gasteiger charge is 2.33. The summed E-state index contributed by atoms with van der Waals surface area (Å²) in [4.78, 5) is 27.0. The first-order valence-corrected chi connectivity index (χ1v) is 10.8. The molecule has 3 rings (SSSR count). The molecule has 2 saturated heterocycles. The van der Waals surface area contributed by atoms with Gasteiger partial charge in [0.1, 0.15) is 0 Å². The predicted octanol–water partition coefficient (Wildman–Crippen LogP) is 1.88. The van der Waals surface area contributed by atoms with E-state index in [2.05, 4.69) is 22.8 Å². The maximum absolute atomic E-state index is 12.6. The normalized spacial score (nSPS) is 23.0. The fraction of sp³-hybridized carbons (Fsp3) is 0.600. The standard InChI is InChI=1S/C20H29N3O2S/c24-19(22-8-11-26-15-16-6-2-1-3-7-16)17-12-18(14-21-13-17)20(25)23-9-4-5-10-23/h1-3,6-7,17-18,21H,4-5,8-15H2,(H,22,24)/t17-,18-/m1/s1. The van der Waals surface area contributed by atoms with Crippen LogP contribution in [0.3, 0.4) is 0 Å². The molecule has 2 heterocycles. The third kappa shape index (κ3) is 5.48. The summed E-state index contributed by atoms with van der Waals surface area (Å²) in [5.74, 6) is 2.03. The number of carbonyl (C=O) groups excluding carboxylic acids is 2. The fourth-order valence-electron chi connectivity index (χ4n) is 3.68. The molecular formula is C20H29N3O2S. The van der Waals surface area contributed by atoms with E-state index < -0.39 is 0 Å². The molecule has 2 N–H and O–H groups in total. The summed E-state index contributed by atoms with van der Waals surface area (Å²) in [5, 5.41) is 6.32. The number of hydrogen-bond acceptors (Lipinski definition) is 4. The van der Waals surface area contributed by atoms with Crippen LogP contribution in [-0.4, -0.2) is 55.2 Å². The number of likely N-dealkylation sites (tertiary alicyclic amines) is 1. The molecule has 1 aromatic carbocycles. The molecule has 0 aromatic heterocycles. The summed E-state index contributed by atoms with van der Waals surface area (Å²) in [6, 6.07) is 10.4. The van der Waals surface area contributed by atoms with Gasteiger partial charge in [-0.3, -0.25) is 9.59 Å². The van der Waals surface area contributed by atoms with Crippen LogP contribution in [0.1, 0.15) is 24.8 Å². The van der Waals surface area contributed by atoms with Gasteiger partial charge >= 0.3 is 0 Å². The average Bonchev–Trinajstić information content (AvgIpc) is 3.23. The zero-order valence-electron chi connectivity index (χ0n) is 15.3. The van der Waals surface area contributed by atoms with Gasteiger partial charge in [0.05, 0.1) is 11.8 Å². The number of benzene rings is 1. The van der Waals surface area contributed by atoms with Crippen LogP contribution < -0.4 is 10.6 Å². The number of nitrogens with one attached hydrogen (secondary N) is 2. The Bertz CT molecular complexity index is 590. The Morgan fingerprint density at radius 2 is 1.85 bits per heavy atom. The first-order chi connectivity index (χ1) is 12.7. The Kier molecular flexibility index (Phi) is 7.38. The molecule has 142 valence electrons. The quantitative estimate of drug-likeness (QED) is 0.715. The summed E-state index contributed by atoms with van der Waals surface area (Å²) in [6.45, 7) is 3.81. The molecule has 5 nitrogen and oxygen atoms in total.